The van der Waals surface area contributed by atoms with Crippen LogP contribution in [-0.2, 0) is 9.59 Å². The van der Waals surface area contributed by atoms with E-state index >= 15 is 0 Å². The predicted molar refractivity (Wildman–Crippen MR) is 191 cm³/mol. The molecule has 0 atom stereocenters. The first kappa shape index (κ1) is 35.3. The molecule has 0 saturated heterocycles. The van der Waals surface area contributed by atoms with Crippen LogP contribution in [0.2, 0.25) is 0 Å². The van der Waals surface area contributed by atoms with Gasteiger partial charge in [-0.3, -0.25) is 29.0 Å². The van der Waals surface area contributed by atoms with Crippen LogP contribution in [0, 0.1) is 0 Å². The number of benzene rings is 4. The van der Waals surface area contributed by atoms with Crippen LogP contribution in [-0.4, -0.2) is 88.9 Å². The van der Waals surface area contributed by atoms with Gasteiger partial charge in [-0.2, -0.15) is 0 Å². The minimum atomic E-state index is -0.606. The van der Waals surface area contributed by atoms with Gasteiger partial charge in [0.05, 0.1) is 78.3 Å². The molecule has 0 aliphatic carbocycles. The minimum Gasteiger partial charge on any atom is -0.497 e. The first-order valence-corrected chi connectivity index (χ1v) is 16.1. The van der Waals surface area contributed by atoms with Gasteiger partial charge in [0.2, 0.25) is 0 Å². The fourth-order valence-corrected chi connectivity index (χ4v) is 6.33. The molecule has 0 bridgehead atoms. The van der Waals surface area contributed by atoms with Gasteiger partial charge in [-0.15, -0.1) is 0 Å². The highest BCUT2D eigenvalue weighted by molar-refractivity contribution is 6.31. The van der Waals surface area contributed by atoms with Gasteiger partial charge in [0.25, 0.3) is 11.8 Å². The lowest BCUT2D eigenvalue weighted by Gasteiger charge is -2.25. The number of ketones is 2. The number of methoxy groups -OCH3 is 6. The maximum atomic E-state index is 14.8. The van der Waals surface area contributed by atoms with E-state index in [4.69, 9.17) is 28.4 Å². The molecule has 4 aromatic rings. The first-order chi connectivity index (χ1) is 25.2. The molecule has 0 aromatic heterocycles. The van der Waals surface area contributed by atoms with Crippen LogP contribution in [0.15, 0.2) is 96.1 Å². The number of carbonyl (C=O) groups is 4. The average molecular weight is 705 g/mol. The van der Waals surface area contributed by atoms with Gasteiger partial charge in [0, 0.05) is 22.3 Å². The van der Waals surface area contributed by atoms with Crippen LogP contribution < -0.4 is 28.4 Å². The Morgan fingerprint density at radius 3 is 1.21 bits per heavy atom. The molecular formula is C40H36N2O10. The van der Waals surface area contributed by atoms with Crippen molar-refractivity contribution in [3.05, 3.63) is 118 Å². The molecule has 0 unspecified atom stereocenters. The molecule has 2 aliphatic heterocycles. The van der Waals surface area contributed by atoms with Crippen molar-refractivity contribution in [2.45, 2.75) is 0 Å². The second-order valence-electron chi connectivity index (χ2n) is 11.7. The van der Waals surface area contributed by atoms with Crippen LogP contribution in [0.4, 0.5) is 0 Å². The first-order valence-electron chi connectivity index (χ1n) is 16.1. The molecule has 0 N–H and O–H groups in total. The number of rotatable bonds is 14. The number of fused-ring (bicyclic) bond motifs is 1. The molecule has 0 saturated carbocycles. The van der Waals surface area contributed by atoms with E-state index in [0.29, 0.717) is 56.8 Å². The second kappa shape index (κ2) is 14.7. The summed E-state index contributed by atoms with van der Waals surface area (Å²) in [4.78, 5) is 59.8. The molecule has 4 aromatic carbocycles. The Morgan fingerprint density at radius 1 is 0.481 bits per heavy atom. The Balaban J connectivity index is 1.57. The van der Waals surface area contributed by atoms with Crippen LogP contribution in [0.1, 0.15) is 31.8 Å². The topological polar surface area (TPSA) is 130 Å². The van der Waals surface area contributed by atoms with E-state index < -0.39 is 36.5 Å². The third-order valence-corrected chi connectivity index (χ3v) is 8.88. The van der Waals surface area contributed by atoms with E-state index in [1.165, 1.54) is 52.5 Å². The van der Waals surface area contributed by atoms with Gasteiger partial charge in [0.15, 0.2) is 34.6 Å². The molecule has 12 nitrogen and oxygen atoms in total. The van der Waals surface area contributed by atoms with E-state index in [-0.39, 0.29) is 22.5 Å². The molecule has 12 heteroatoms. The van der Waals surface area contributed by atoms with Gasteiger partial charge < -0.3 is 28.4 Å². The second-order valence-corrected chi connectivity index (χ2v) is 11.7. The van der Waals surface area contributed by atoms with Crippen molar-refractivity contribution in [2.24, 2.45) is 0 Å². The standard InChI is InChI=1S/C40H36N2O10/c1-47-27-11-7-9-23(17-27)29(43)21-41-37(25-13-15-31(49-3)33(19-25)51-5)35-36(39(41)45)38(26-14-16-32(50-4)34(20-26)52-6)42(40(35)46)22-30(44)24-10-8-12-28(18-24)48-2/h7-20H,21-22H2,1-6H3. The average Bonchev–Trinajstić information content (AvgIpc) is 3.62. The number of carbonyl (C=O) groups excluding carboxylic acids is 4. The lowest BCUT2D eigenvalue weighted by atomic mass is 10.0. The van der Waals surface area contributed by atoms with Crippen molar-refractivity contribution in [2.75, 3.05) is 55.7 Å². The molecule has 52 heavy (non-hydrogen) atoms. The number of nitrogens with zero attached hydrogens (tertiary/aromatic N) is 2. The van der Waals surface area contributed by atoms with Crippen molar-refractivity contribution < 1.29 is 47.6 Å². The Labute approximate surface area is 300 Å². The van der Waals surface area contributed by atoms with Crippen LogP contribution in [0.25, 0.3) is 11.4 Å². The maximum absolute atomic E-state index is 14.8. The highest BCUT2D eigenvalue weighted by atomic mass is 16.5. The van der Waals surface area contributed by atoms with E-state index in [1.54, 1.807) is 84.9 Å². The van der Waals surface area contributed by atoms with Crippen LogP contribution in [0.5, 0.6) is 34.5 Å². The van der Waals surface area contributed by atoms with Crippen molar-refractivity contribution >= 4 is 34.8 Å². The van der Waals surface area contributed by atoms with E-state index in [0.717, 1.165) is 0 Å². The molecule has 2 heterocycles. The zero-order valence-electron chi connectivity index (χ0n) is 29.5. The summed E-state index contributed by atoms with van der Waals surface area (Å²) in [5.41, 5.74) is 1.86. The fraction of sp³-hybridized carbons (Fsp3) is 0.200. The summed E-state index contributed by atoms with van der Waals surface area (Å²) in [5, 5.41) is 0. The van der Waals surface area contributed by atoms with Crippen molar-refractivity contribution in [1.82, 2.24) is 9.80 Å². The quantitative estimate of drug-likeness (QED) is 0.159. The summed E-state index contributed by atoms with van der Waals surface area (Å²) >= 11 is 0. The Kier molecular flexibility index (Phi) is 10.00. The molecule has 0 fully saturated rings. The minimum absolute atomic E-state index is 0.0267. The van der Waals surface area contributed by atoms with Gasteiger partial charge in [0.1, 0.15) is 11.5 Å². The summed E-state index contributed by atoms with van der Waals surface area (Å²) in [5.74, 6) is 0.470. The fourth-order valence-electron chi connectivity index (χ4n) is 6.33. The number of hydrogen-bond donors (Lipinski definition) is 0. The van der Waals surface area contributed by atoms with Gasteiger partial charge in [-0.05, 0) is 60.7 Å². The van der Waals surface area contributed by atoms with Gasteiger partial charge >= 0.3 is 0 Å². The van der Waals surface area contributed by atoms with Crippen LogP contribution >= 0.6 is 0 Å². The zero-order chi connectivity index (χ0) is 37.1. The Hall–Kier alpha value is -6.56. The lowest BCUT2D eigenvalue weighted by Crippen LogP contribution is -2.35. The van der Waals surface area contributed by atoms with E-state index in [9.17, 15) is 19.2 Å². The molecule has 2 amide bonds. The zero-order valence-corrected chi connectivity index (χ0v) is 29.5. The smallest absolute Gasteiger partial charge is 0.261 e. The molecule has 0 radical (unpaired) electrons. The molecule has 0 spiro atoms. The van der Waals surface area contributed by atoms with Crippen molar-refractivity contribution in [3.63, 3.8) is 0 Å². The molecular weight excluding hydrogens is 668 g/mol. The van der Waals surface area contributed by atoms with Crippen molar-refractivity contribution in [3.8, 4) is 34.5 Å². The number of ether oxygens (including phenoxy) is 6. The molecule has 6 rings (SSSR count). The highest BCUT2D eigenvalue weighted by Gasteiger charge is 2.50. The van der Waals surface area contributed by atoms with E-state index in [1.807, 2.05) is 0 Å². The summed E-state index contributed by atoms with van der Waals surface area (Å²) in [6.45, 7) is -0.810. The lowest BCUT2D eigenvalue weighted by molar-refractivity contribution is -0.123. The Bertz CT molecular complexity index is 2020. The van der Waals surface area contributed by atoms with Crippen LogP contribution in [0.3, 0.4) is 0 Å². The summed E-state index contributed by atoms with van der Waals surface area (Å²) in [6, 6.07) is 23.1. The van der Waals surface area contributed by atoms with Crippen molar-refractivity contribution in [1.29, 1.82) is 0 Å². The van der Waals surface area contributed by atoms with Gasteiger partial charge in [-0.25, -0.2) is 0 Å². The number of Topliss-reactive ketones (excluding diaryl/α,β-unsaturated/α-hetero) is 2. The maximum Gasteiger partial charge on any atom is 0.261 e. The SMILES string of the molecule is COc1cccc(C(=O)CN2C(=O)C3=C(c4ccc(OC)c(OC)c4)N(CC(=O)c4cccc(OC)c4)C(=O)C3=C2c2ccc(OC)c(OC)c2)c1. The number of amides is 2. The number of hydrogen-bond acceptors (Lipinski definition) is 10. The predicted octanol–water partition coefficient (Wildman–Crippen LogP) is 5.31. The van der Waals surface area contributed by atoms with Gasteiger partial charge in [-0.1, -0.05) is 24.3 Å². The summed E-state index contributed by atoms with van der Waals surface area (Å²) in [6.07, 6.45) is 0. The molecule has 266 valence electrons. The van der Waals surface area contributed by atoms with E-state index in [2.05, 4.69) is 0 Å². The summed E-state index contributed by atoms with van der Waals surface area (Å²) < 4.78 is 32.7. The normalized spacial score (nSPS) is 13.7. The summed E-state index contributed by atoms with van der Waals surface area (Å²) in [7, 11) is 8.91. The molecule has 2 aliphatic rings. The third kappa shape index (κ3) is 6.30. The highest BCUT2D eigenvalue weighted by Crippen LogP contribution is 2.48. The Morgan fingerprint density at radius 2 is 0.865 bits per heavy atom. The largest absolute Gasteiger partial charge is 0.497 e. The monoisotopic (exact) mass is 704 g/mol. The third-order valence-electron chi connectivity index (χ3n) is 8.88.